The topological polar surface area (TPSA) is 108 Å². The van der Waals surface area contributed by atoms with Crippen LogP contribution in [0.2, 0.25) is 0 Å². The monoisotopic (exact) mass is 540 g/mol. The van der Waals surface area contributed by atoms with E-state index in [1.54, 1.807) is 59.6 Å². The van der Waals surface area contributed by atoms with Crippen LogP contribution in [-0.4, -0.2) is 67.0 Å². The van der Waals surface area contributed by atoms with Gasteiger partial charge in [0.1, 0.15) is 0 Å². The average molecular weight is 541 g/mol. The highest BCUT2D eigenvalue weighted by Gasteiger charge is 2.21. The van der Waals surface area contributed by atoms with Crippen molar-refractivity contribution in [3.05, 3.63) is 90.9 Å². The number of rotatable bonds is 6. The van der Waals surface area contributed by atoms with E-state index in [1.165, 1.54) is 0 Å². The van der Waals surface area contributed by atoms with Gasteiger partial charge in [-0.3, -0.25) is 14.6 Å². The zero-order valence-corrected chi connectivity index (χ0v) is 22.3. The van der Waals surface area contributed by atoms with Crippen LogP contribution in [-0.2, 0) is 15.6 Å². The molecule has 1 aliphatic heterocycles. The molecule has 5 rings (SSSR count). The Morgan fingerprint density at radius 2 is 1.46 bits per heavy atom. The molecule has 0 radical (unpaired) electrons. The molecule has 4 aromatic rings. The number of benzene rings is 2. The fraction of sp³-hybridized carbons (Fsp3) is 0.207. The summed E-state index contributed by atoms with van der Waals surface area (Å²) in [6.07, 6.45) is 5.70. The summed E-state index contributed by atoms with van der Waals surface area (Å²) in [6, 6.07) is 20.0. The summed E-state index contributed by atoms with van der Waals surface area (Å²) in [5, 5.41) is 3.19. The van der Waals surface area contributed by atoms with Crippen LogP contribution in [0.15, 0.2) is 95.1 Å². The molecular formula is C29H28N6O3S. The highest BCUT2D eigenvalue weighted by Crippen LogP contribution is 2.23. The maximum atomic E-state index is 13.0. The van der Waals surface area contributed by atoms with Gasteiger partial charge in [-0.15, -0.1) is 0 Å². The molecule has 9 nitrogen and oxygen atoms in total. The van der Waals surface area contributed by atoms with Crippen LogP contribution >= 0.6 is 0 Å². The Balaban J connectivity index is 1.23. The highest BCUT2D eigenvalue weighted by atomic mass is 32.2. The first-order valence-electron chi connectivity index (χ1n) is 12.6. The van der Waals surface area contributed by atoms with Crippen LogP contribution in [0.4, 0.5) is 11.6 Å². The summed E-state index contributed by atoms with van der Waals surface area (Å²) in [4.78, 5) is 42.6. The molecule has 1 N–H and O–H groups in total. The number of carbonyl (C=O) groups is 2. The zero-order chi connectivity index (χ0) is 27.2. The molecule has 1 saturated heterocycles. The Bertz CT molecular complexity index is 1480. The van der Waals surface area contributed by atoms with Crippen LogP contribution in [0.3, 0.4) is 0 Å². The van der Waals surface area contributed by atoms with Crippen molar-refractivity contribution in [1.82, 2.24) is 24.8 Å². The number of amides is 2. The van der Waals surface area contributed by atoms with Crippen molar-refractivity contribution < 1.29 is 13.8 Å². The summed E-state index contributed by atoms with van der Waals surface area (Å²) in [5.74, 6) is 0.423. The minimum Gasteiger partial charge on any atom is -0.341 e. The first kappa shape index (κ1) is 26.2. The molecule has 2 aromatic heterocycles. The molecule has 1 aliphatic rings. The largest absolute Gasteiger partial charge is 0.341 e. The molecule has 0 bridgehead atoms. The summed E-state index contributed by atoms with van der Waals surface area (Å²) >= 11 is 0. The van der Waals surface area contributed by atoms with Gasteiger partial charge < -0.3 is 15.1 Å². The van der Waals surface area contributed by atoms with E-state index in [-0.39, 0.29) is 11.8 Å². The van der Waals surface area contributed by atoms with Gasteiger partial charge in [0, 0.05) is 78.3 Å². The molecule has 198 valence electrons. The second-order valence-corrected chi connectivity index (χ2v) is 10.6. The number of nitrogens with zero attached hydrogens (tertiary/aromatic N) is 5. The van der Waals surface area contributed by atoms with E-state index in [1.807, 2.05) is 42.5 Å². The van der Waals surface area contributed by atoms with Crippen molar-refractivity contribution in [3.8, 4) is 11.3 Å². The van der Waals surface area contributed by atoms with Gasteiger partial charge in [0.25, 0.3) is 5.91 Å². The van der Waals surface area contributed by atoms with E-state index in [4.69, 9.17) is 0 Å². The predicted octanol–water partition coefficient (Wildman–Crippen LogP) is 4.14. The van der Waals surface area contributed by atoms with Crippen molar-refractivity contribution in [2.24, 2.45) is 0 Å². The first-order chi connectivity index (χ1) is 19.0. The minimum atomic E-state index is -1.28. The van der Waals surface area contributed by atoms with Gasteiger partial charge >= 0.3 is 0 Å². The Morgan fingerprint density at radius 3 is 2.18 bits per heavy atom. The highest BCUT2D eigenvalue weighted by molar-refractivity contribution is 7.85. The van der Waals surface area contributed by atoms with Crippen LogP contribution < -0.4 is 5.32 Å². The second kappa shape index (κ2) is 12.0. The standard InChI is InChI=1S/C29H28N6O3S/c1-21(36)34-17-2-18-35(20-19-34)28(37)23-3-7-24(8-4-23)32-29-31-16-13-27(33-29)22-5-9-25(10-6-22)39(38)26-11-14-30-15-12-26/h3-16H,2,17-20H2,1H3,(H,31,32,33). The molecule has 0 spiro atoms. The number of hydrogen-bond acceptors (Lipinski definition) is 7. The van der Waals surface area contributed by atoms with Gasteiger partial charge in [-0.1, -0.05) is 12.1 Å². The molecule has 1 unspecified atom stereocenters. The molecule has 1 fully saturated rings. The van der Waals surface area contributed by atoms with Gasteiger partial charge in [0.2, 0.25) is 11.9 Å². The fourth-order valence-corrected chi connectivity index (χ4v) is 5.39. The molecule has 2 aromatic carbocycles. The molecule has 39 heavy (non-hydrogen) atoms. The van der Waals surface area contributed by atoms with E-state index in [9.17, 15) is 13.8 Å². The first-order valence-corrected chi connectivity index (χ1v) is 13.8. The van der Waals surface area contributed by atoms with Gasteiger partial charge in [-0.2, -0.15) is 0 Å². The fourth-order valence-electron chi connectivity index (χ4n) is 4.37. The lowest BCUT2D eigenvalue weighted by Gasteiger charge is -2.21. The smallest absolute Gasteiger partial charge is 0.253 e. The Labute approximate surface area is 229 Å². The minimum absolute atomic E-state index is 0.0421. The van der Waals surface area contributed by atoms with E-state index < -0.39 is 10.8 Å². The molecule has 2 amide bonds. The third-order valence-corrected chi connectivity index (χ3v) is 7.90. The van der Waals surface area contributed by atoms with Gasteiger partial charge in [0.05, 0.1) is 16.5 Å². The number of carbonyl (C=O) groups excluding carboxylic acids is 2. The van der Waals surface area contributed by atoms with Gasteiger partial charge in [0.15, 0.2) is 0 Å². The number of nitrogens with one attached hydrogen (secondary N) is 1. The maximum absolute atomic E-state index is 13.0. The SMILES string of the molecule is CC(=O)N1CCCN(C(=O)c2ccc(Nc3nccc(-c4ccc(S(=O)c5ccncc5)cc4)n3)cc2)CC1. The summed E-state index contributed by atoms with van der Waals surface area (Å²) < 4.78 is 12.8. The third kappa shape index (κ3) is 6.35. The van der Waals surface area contributed by atoms with Crippen molar-refractivity contribution in [2.45, 2.75) is 23.1 Å². The lowest BCUT2D eigenvalue weighted by atomic mass is 10.1. The number of aromatic nitrogens is 3. The van der Waals surface area contributed by atoms with Crippen molar-refractivity contribution >= 4 is 34.2 Å². The summed E-state index contributed by atoms with van der Waals surface area (Å²) in [6.45, 7) is 3.95. The molecule has 0 aliphatic carbocycles. The summed E-state index contributed by atoms with van der Waals surface area (Å²) in [7, 11) is -1.28. The zero-order valence-electron chi connectivity index (χ0n) is 21.5. The summed E-state index contributed by atoms with van der Waals surface area (Å²) in [5.41, 5.74) is 2.94. The van der Waals surface area contributed by atoms with E-state index in [0.717, 1.165) is 23.4 Å². The van der Waals surface area contributed by atoms with Gasteiger partial charge in [-0.25, -0.2) is 14.2 Å². The molecule has 0 saturated carbocycles. The predicted molar refractivity (Wildman–Crippen MR) is 149 cm³/mol. The van der Waals surface area contributed by atoms with Crippen molar-refractivity contribution in [1.29, 1.82) is 0 Å². The Kier molecular flexibility index (Phi) is 8.02. The molecule has 3 heterocycles. The van der Waals surface area contributed by atoms with Crippen molar-refractivity contribution in [2.75, 3.05) is 31.5 Å². The number of anilines is 2. The molecular weight excluding hydrogens is 512 g/mol. The lowest BCUT2D eigenvalue weighted by molar-refractivity contribution is -0.128. The Morgan fingerprint density at radius 1 is 0.795 bits per heavy atom. The average Bonchev–Trinajstić information content (AvgIpc) is 3.24. The van der Waals surface area contributed by atoms with Crippen molar-refractivity contribution in [3.63, 3.8) is 0 Å². The van der Waals surface area contributed by atoms with Crippen LogP contribution in [0.5, 0.6) is 0 Å². The van der Waals surface area contributed by atoms with E-state index in [0.29, 0.717) is 47.5 Å². The van der Waals surface area contributed by atoms with Crippen LogP contribution in [0.25, 0.3) is 11.3 Å². The third-order valence-electron chi connectivity index (χ3n) is 6.50. The maximum Gasteiger partial charge on any atom is 0.253 e. The van der Waals surface area contributed by atoms with Crippen LogP contribution in [0.1, 0.15) is 23.7 Å². The second-order valence-electron chi connectivity index (χ2n) is 9.10. The number of pyridine rings is 1. The normalized spacial score (nSPS) is 14.4. The lowest BCUT2D eigenvalue weighted by Crippen LogP contribution is -2.36. The Hall–Kier alpha value is -4.44. The quantitative estimate of drug-likeness (QED) is 0.392. The number of hydrogen-bond donors (Lipinski definition) is 1. The molecule has 1 atom stereocenters. The van der Waals surface area contributed by atoms with Gasteiger partial charge in [-0.05, 0) is 61.0 Å². The van der Waals surface area contributed by atoms with Crippen LogP contribution in [0, 0.1) is 0 Å². The van der Waals surface area contributed by atoms with E-state index >= 15 is 0 Å². The van der Waals surface area contributed by atoms with E-state index in [2.05, 4.69) is 20.3 Å². The molecule has 10 heteroatoms.